The van der Waals surface area contributed by atoms with Crippen LogP contribution in [0.1, 0.15) is 39.5 Å². The number of esters is 1. The first-order chi connectivity index (χ1) is 11.9. The van der Waals surface area contributed by atoms with Crippen LogP contribution in [0.2, 0.25) is 0 Å². The van der Waals surface area contributed by atoms with Crippen LogP contribution in [-0.2, 0) is 9.53 Å². The highest BCUT2D eigenvalue weighted by atomic mass is 16.5. The molecule has 0 bridgehead atoms. The molecule has 0 heterocycles. The number of rotatable bonds is 6. The van der Waals surface area contributed by atoms with Crippen molar-refractivity contribution in [1.82, 2.24) is 5.32 Å². The molecule has 1 N–H and O–H groups in total. The third-order valence-corrected chi connectivity index (χ3v) is 4.05. The van der Waals surface area contributed by atoms with E-state index in [2.05, 4.69) is 5.32 Å². The maximum atomic E-state index is 12.7. The lowest BCUT2D eigenvalue weighted by atomic mass is 10.0. The fraction of sp³-hybridized carbons (Fsp3) is 0.300. The average Bonchev–Trinajstić information content (AvgIpc) is 2.60. The quantitative estimate of drug-likeness (QED) is 0.819. The van der Waals surface area contributed by atoms with E-state index in [-0.39, 0.29) is 18.3 Å². The van der Waals surface area contributed by atoms with Crippen molar-refractivity contribution in [3.8, 4) is 5.75 Å². The summed E-state index contributed by atoms with van der Waals surface area (Å²) in [6.45, 7) is 3.87. The number of aryl methyl sites for hydroxylation is 2. The van der Waals surface area contributed by atoms with Crippen LogP contribution in [0.25, 0.3) is 0 Å². The molecule has 2 aromatic rings. The van der Waals surface area contributed by atoms with Crippen LogP contribution in [0.5, 0.6) is 5.75 Å². The second-order valence-electron chi connectivity index (χ2n) is 5.90. The molecule has 1 atom stereocenters. The first-order valence-electron chi connectivity index (χ1n) is 8.03. The Labute approximate surface area is 148 Å². The highest BCUT2D eigenvalue weighted by Crippen LogP contribution is 2.22. The summed E-state index contributed by atoms with van der Waals surface area (Å²) in [4.78, 5) is 24.4. The fourth-order valence-corrected chi connectivity index (χ4v) is 2.64. The molecule has 25 heavy (non-hydrogen) atoms. The highest BCUT2D eigenvalue weighted by molar-refractivity contribution is 5.96. The molecule has 1 amide bonds. The van der Waals surface area contributed by atoms with Gasteiger partial charge in [0, 0.05) is 5.56 Å². The monoisotopic (exact) mass is 341 g/mol. The van der Waals surface area contributed by atoms with Gasteiger partial charge in [-0.2, -0.15) is 0 Å². The number of carbonyl (C=O) groups excluding carboxylic acids is 2. The summed E-state index contributed by atoms with van der Waals surface area (Å²) in [5.41, 5.74) is 3.39. The number of carbonyl (C=O) groups is 2. The molecule has 0 saturated heterocycles. The molecule has 5 nitrogen and oxygen atoms in total. The predicted octanol–water partition coefficient (Wildman–Crippen LogP) is 3.35. The minimum absolute atomic E-state index is 0.0550. The van der Waals surface area contributed by atoms with Crippen molar-refractivity contribution in [1.29, 1.82) is 0 Å². The maximum Gasteiger partial charge on any atom is 0.307 e. The van der Waals surface area contributed by atoms with E-state index in [0.717, 1.165) is 16.7 Å². The molecule has 0 saturated carbocycles. The molecule has 5 heteroatoms. The molecule has 1 unspecified atom stereocenters. The normalized spacial score (nSPS) is 11.5. The Morgan fingerprint density at radius 3 is 2.28 bits per heavy atom. The predicted molar refractivity (Wildman–Crippen MR) is 95.8 cm³/mol. The fourth-order valence-electron chi connectivity index (χ4n) is 2.64. The summed E-state index contributed by atoms with van der Waals surface area (Å²) in [5.74, 6) is 0.102. The zero-order chi connectivity index (χ0) is 18.4. The van der Waals surface area contributed by atoms with Gasteiger partial charge in [0.05, 0.1) is 26.7 Å². The van der Waals surface area contributed by atoms with Gasteiger partial charge in [0.1, 0.15) is 5.75 Å². The smallest absolute Gasteiger partial charge is 0.307 e. The number of ether oxygens (including phenoxy) is 2. The van der Waals surface area contributed by atoms with Gasteiger partial charge >= 0.3 is 5.97 Å². The van der Waals surface area contributed by atoms with Gasteiger partial charge in [-0.25, -0.2) is 0 Å². The minimum Gasteiger partial charge on any atom is -0.497 e. The second-order valence-corrected chi connectivity index (χ2v) is 5.90. The summed E-state index contributed by atoms with van der Waals surface area (Å²) >= 11 is 0. The highest BCUT2D eigenvalue weighted by Gasteiger charge is 2.20. The Morgan fingerprint density at radius 2 is 1.72 bits per heavy atom. The van der Waals surface area contributed by atoms with Crippen LogP contribution in [0.4, 0.5) is 0 Å². The number of nitrogens with one attached hydrogen (secondary N) is 1. The van der Waals surface area contributed by atoms with Gasteiger partial charge in [-0.3, -0.25) is 9.59 Å². The van der Waals surface area contributed by atoms with Crippen LogP contribution >= 0.6 is 0 Å². The largest absolute Gasteiger partial charge is 0.497 e. The number of hydrogen-bond donors (Lipinski definition) is 1. The van der Waals surface area contributed by atoms with Gasteiger partial charge in [-0.15, -0.1) is 0 Å². The third-order valence-electron chi connectivity index (χ3n) is 4.05. The summed E-state index contributed by atoms with van der Waals surface area (Å²) in [7, 11) is 2.92. The molecule has 132 valence electrons. The molecule has 2 rings (SSSR count). The van der Waals surface area contributed by atoms with E-state index in [0.29, 0.717) is 11.3 Å². The zero-order valence-corrected chi connectivity index (χ0v) is 15.0. The Morgan fingerprint density at radius 1 is 1.04 bits per heavy atom. The standard InChI is InChI=1S/C20H23NO4/c1-13-5-10-17(14(2)11-13)20(23)21-18(12-19(22)25-4)15-6-8-16(24-3)9-7-15/h5-11,18H,12H2,1-4H3,(H,21,23). The van der Waals surface area contributed by atoms with Crippen molar-refractivity contribution in [2.24, 2.45) is 0 Å². The number of amides is 1. The van der Waals surface area contributed by atoms with Gasteiger partial charge in [0.2, 0.25) is 0 Å². The molecule has 2 aromatic carbocycles. The first-order valence-corrected chi connectivity index (χ1v) is 8.03. The molecule has 0 aliphatic carbocycles. The summed E-state index contributed by atoms with van der Waals surface area (Å²) in [6, 6.07) is 12.4. The Hall–Kier alpha value is -2.82. The molecule has 0 fully saturated rings. The first kappa shape index (κ1) is 18.5. The lowest BCUT2D eigenvalue weighted by Gasteiger charge is -2.19. The Bertz CT molecular complexity index is 753. The molecule has 0 aromatic heterocycles. The molecule has 0 aliphatic rings. The van der Waals surface area contributed by atoms with E-state index in [1.54, 1.807) is 25.3 Å². The van der Waals surface area contributed by atoms with Crippen molar-refractivity contribution >= 4 is 11.9 Å². The minimum atomic E-state index is -0.480. The maximum absolute atomic E-state index is 12.7. The van der Waals surface area contributed by atoms with E-state index in [1.165, 1.54) is 7.11 Å². The zero-order valence-electron chi connectivity index (χ0n) is 15.0. The van der Waals surface area contributed by atoms with Crippen molar-refractivity contribution in [2.75, 3.05) is 14.2 Å². The van der Waals surface area contributed by atoms with Crippen LogP contribution in [0, 0.1) is 13.8 Å². The molecule has 0 aliphatic heterocycles. The van der Waals surface area contributed by atoms with Crippen LogP contribution < -0.4 is 10.1 Å². The SMILES string of the molecule is COC(=O)CC(NC(=O)c1ccc(C)cc1C)c1ccc(OC)cc1. The van der Waals surface area contributed by atoms with E-state index >= 15 is 0 Å². The number of hydrogen-bond acceptors (Lipinski definition) is 4. The van der Waals surface area contributed by atoms with Gasteiger partial charge in [-0.05, 0) is 43.2 Å². The molecule has 0 radical (unpaired) electrons. The number of methoxy groups -OCH3 is 2. The second kappa shape index (κ2) is 8.33. The summed E-state index contributed by atoms with van der Waals surface area (Å²) < 4.78 is 9.91. The van der Waals surface area contributed by atoms with Crippen molar-refractivity contribution in [3.05, 3.63) is 64.7 Å². The van der Waals surface area contributed by atoms with E-state index in [9.17, 15) is 9.59 Å². The third kappa shape index (κ3) is 4.83. The van der Waals surface area contributed by atoms with Crippen LogP contribution in [0.3, 0.4) is 0 Å². The van der Waals surface area contributed by atoms with Gasteiger partial charge in [-0.1, -0.05) is 29.8 Å². The van der Waals surface area contributed by atoms with Gasteiger partial charge in [0.15, 0.2) is 0 Å². The molecular weight excluding hydrogens is 318 g/mol. The van der Waals surface area contributed by atoms with Crippen LogP contribution in [0.15, 0.2) is 42.5 Å². The molecular formula is C20H23NO4. The van der Waals surface area contributed by atoms with Crippen molar-refractivity contribution in [3.63, 3.8) is 0 Å². The van der Waals surface area contributed by atoms with Crippen LogP contribution in [-0.4, -0.2) is 26.1 Å². The van der Waals surface area contributed by atoms with Crippen molar-refractivity contribution < 1.29 is 19.1 Å². The summed E-state index contributed by atoms with van der Waals surface area (Å²) in [5, 5.41) is 2.93. The van der Waals surface area contributed by atoms with E-state index < -0.39 is 6.04 Å². The number of benzene rings is 2. The van der Waals surface area contributed by atoms with Gasteiger partial charge in [0.25, 0.3) is 5.91 Å². The van der Waals surface area contributed by atoms with E-state index in [1.807, 2.05) is 38.1 Å². The lowest BCUT2D eigenvalue weighted by Crippen LogP contribution is -2.31. The molecule has 0 spiro atoms. The lowest BCUT2D eigenvalue weighted by molar-refractivity contribution is -0.141. The summed E-state index contributed by atoms with van der Waals surface area (Å²) in [6.07, 6.45) is 0.0550. The Kier molecular flexibility index (Phi) is 6.17. The van der Waals surface area contributed by atoms with Gasteiger partial charge < -0.3 is 14.8 Å². The van der Waals surface area contributed by atoms with Crippen molar-refractivity contribution in [2.45, 2.75) is 26.3 Å². The average molecular weight is 341 g/mol. The topological polar surface area (TPSA) is 64.6 Å². The Balaban J connectivity index is 2.25. The van der Waals surface area contributed by atoms with E-state index in [4.69, 9.17) is 9.47 Å².